The van der Waals surface area contributed by atoms with Gasteiger partial charge in [0.1, 0.15) is 0 Å². The zero-order chi connectivity index (χ0) is 25.4. The number of benzene rings is 5. The van der Waals surface area contributed by atoms with Crippen molar-refractivity contribution in [1.82, 2.24) is 0 Å². The van der Waals surface area contributed by atoms with Crippen molar-refractivity contribution in [3.8, 4) is 0 Å². The SMILES string of the molecule is CCCCc1cc2cc3ccccc3cc2c(N2CCN(c3cccc4ccccc34)CC2)c1C(N)=O.Cl. The normalized spacial score (nSPS) is 13.7. The number of hydrogen-bond acceptors (Lipinski definition) is 3. The highest BCUT2D eigenvalue weighted by Gasteiger charge is 2.26. The Morgan fingerprint density at radius 1 is 0.737 bits per heavy atom. The van der Waals surface area contributed by atoms with Gasteiger partial charge < -0.3 is 15.5 Å². The first-order valence-electron chi connectivity index (χ1n) is 13.4. The molecule has 1 heterocycles. The van der Waals surface area contributed by atoms with Gasteiger partial charge in [-0.15, -0.1) is 12.4 Å². The van der Waals surface area contributed by atoms with E-state index in [0.29, 0.717) is 5.56 Å². The third kappa shape index (κ3) is 4.65. The Labute approximate surface area is 230 Å². The molecule has 0 spiro atoms. The Balaban J connectivity index is 0.00000294. The van der Waals surface area contributed by atoms with E-state index in [0.717, 1.165) is 62.1 Å². The molecule has 38 heavy (non-hydrogen) atoms. The van der Waals surface area contributed by atoms with Gasteiger partial charge >= 0.3 is 0 Å². The van der Waals surface area contributed by atoms with Gasteiger partial charge in [0.25, 0.3) is 5.91 Å². The first-order chi connectivity index (χ1) is 18.1. The fourth-order valence-electron chi connectivity index (χ4n) is 5.95. The van der Waals surface area contributed by atoms with Crippen molar-refractivity contribution in [2.75, 3.05) is 36.0 Å². The number of carbonyl (C=O) groups excluding carboxylic acids is 1. The van der Waals surface area contributed by atoms with Crippen LogP contribution in [0.2, 0.25) is 0 Å². The molecule has 0 aromatic heterocycles. The van der Waals surface area contributed by atoms with Gasteiger partial charge in [0.15, 0.2) is 0 Å². The highest BCUT2D eigenvalue weighted by atomic mass is 35.5. The Morgan fingerprint density at radius 3 is 2.08 bits per heavy atom. The number of anilines is 2. The van der Waals surface area contributed by atoms with Crippen LogP contribution in [0.3, 0.4) is 0 Å². The maximum Gasteiger partial charge on any atom is 0.251 e. The fraction of sp³-hybridized carbons (Fsp3) is 0.242. The molecule has 4 nitrogen and oxygen atoms in total. The number of primary amides is 1. The van der Waals surface area contributed by atoms with Gasteiger partial charge in [0.05, 0.1) is 11.3 Å². The van der Waals surface area contributed by atoms with Crippen molar-refractivity contribution in [3.05, 3.63) is 96.1 Å². The molecule has 5 aromatic rings. The van der Waals surface area contributed by atoms with Gasteiger partial charge in [0, 0.05) is 42.6 Å². The molecule has 0 bridgehead atoms. The number of fused-ring (bicyclic) bond motifs is 3. The van der Waals surface area contributed by atoms with Crippen LogP contribution in [0.4, 0.5) is 11.4 Å². The van der Waals surface area contributed by atoms with Crippen molar-refractivity contribution in [2.24, 2.45) is 5.73 Å². The monoisotopic (exact) mass is 523 g/mol. The lowest BCUT2D eigenvalue weighted by Crippen LogP contribution is -2.47. The van der Waals surface area contributed by atoms with Crippen molar-refractivity contribution in [3.63, 3.8) is 0 Å². The van der Waals surface area contributed by atoms with Gasteiger partial charge in [-0.3, -0.25) is 4.79 Å². The largest absolute Gasteiger partial charge is 0.367 e. The quantitative estimate of drug-likeness (QED) is 0.237. The molecule has 1 aliphatic rings. The van der Waals surface area contributed by atoms with Crippen molar-refractivity contribution in [2.45, 2.75) is 26.2 Å². The van der Waals surface area contributed by atoms with Crippen molar-refractivity contribution < 1.29 is 4.79 Å². The average Bonchev–Trinajstić information content (AvgIpc) is 2.94. The summed E-state index contributed by atoms with van der Waals surface area (Å²) in [5, 5.41) is 7.25. The summed E-state index contributed by atoms with van der Waals surface area (Å²) in [6, 6.07) is 30.3. The van der Waals surface area contributed by atoms with Crippen LogP contribution in [0.15, 0.2) is 84.9 Å². The molecule has 0 saturated carbocycles. The second-order valence-electron chi connectivity index (χ2n) is 10.1. The van der Waals surface area contributed by atoms with E-state index in [-0.39, 0.29) is 18.3 Å². The van der Waals surface area contributed by atoms with Crippen LogP contribution < -0.4 is 15.5 Å². The van der Waals surface area contributed by atoms with E-state index in [1.165, 1.54) is 32.6 Å². The number of hydrogen-bond donors (Lipinski definition) is 1. The van der Waals surface area contributed by atoms with E-state index in [9.17, 15) is 4.79 Å². The summed E-state index contributed by atoms with van der Waals surface area (Å²) >= 11 is 0. The number of nitrogens with two attached hydrogens (primary N) is 1. The molecule has 1 fully saturated rings. The molecular weight excluding hydrogens is 490 g/mol. The van der Waals surface area contributed by atoms with Gasteiger partial charge in [0.2, 0.25) is 0 Å². The summed E-state index contributed by atoms with van der Waals surface area (Å²) in [7, 11) is 0. The molecule has 0 unspecified atom stereocenters. The lowest BCUT2D eigenvalue weighted by Gasteiger charge is -2.39. The summed E-state index contributed by atoms with van der Waals surface area (Å²) in [5.41, 5.74) is 10.2. The molecule has 1 saturated heterocycles. The summed E-state index contributed by atoms with van der Waals surface area (Å²) in [6.45, 7) is 5.64. The minimum absolute atomic E-state index is 0. The molecule has 5 heteroatoms. The van der Waals surface area contributed by atoms with Gasteiger partial charge in [-0.25, -0.2) is 0 Å². The molecule has 0 aliphatic carbocycles. The van der Waals surface area contributed by atoms with Crippen molar-refractivity contribution in [1.29, 1.82) is 0 Å². The second-order valence-corrected chi connectivity index (χ2v) is 10.1. The average molecular weight is 524 g/mol. The number of halogens is 1. The predicted octanol–water partition coefficient (Wildman–Crippen LogP) is 7.34. The number of unbranched alkanes of at least 4 members (excludes halogenated alkanes) is 1. The lowest BCUT2D eigenvalue weighted by molar-refractivity contribution is 0.1000. The minimum atomic E-state index is -0.326. The third-order valence-corrected chi connectivity index (χ3v) is 7.81. The molecule has 0 radical (unpaired) electrons. The maximum atomic E-state index is 13.0. The standard InChI is InChI=1S/C33H33N3O.ClH/c1-2-3-9-26-21-27-20-24-11-4-5-12-25(24)22-29(27)32(31(26)33(34)37)36-18-16-35(17-19-36)30-15-8-13-23-10-6-7-14-28(23)30;/h4-8,10-15,20-22H,2-3,9,16-19H2,1H3,(H2,34,37);1H. The summed E-state index contributed by atoms with van der Waals surface area (Å²) in [5.74, 6) is -0.326. The zero-order valence-electron chi connectivity index (χ0n) is 21.8. The van der Waals surface area contributed by atoms with E-state index >= 15 is 0 Å². The minimum Gasteiger partial charge on any atom is -0.367 e. The lowest BCUT2D eigenvalue weighted by atomic mass is 9.92. The molecule has 2 N–H and O–H groups in total. The summed E-state index contributed by atoms with van der Waals surface area (Å²) < 4.78 is 0. The zero-order valence-corrected chi connectivity index (χ0v) is 22.6. The van der Waals surface area contributed by atoms with E-state index < -0.39 is 0 Å². The number of amides is 1. The molecular formula is C33H34ClN3O. The number of rotatable bonds is 6. The molecule has 5 aromatic carbocycles. The Kier molecular flexibility index (Phi) is 7.44. The predicted molar refractivity (Wildman–Crippen MR) is 164 cm³/mol. The van der Waals surface area contributed by atoms with Crippen LogP contribution in [-0.4, -0.2) is 32.1 Å². The van der Waals surface area contributed by atoms with Gasteiger partial charge in [-0.1, -0.05) is 80.1 Å². The summed E-state index contributed by atoms with van der Waals surface area (Å²) in [4.78, 5) is 17.8. The molecule has 0 atom stereocenters. The van der Waals surface area contributed by atoms with Crippen LogP contribution >= 0.6 is 12.4 Å². The van der Waals surface area contributed by atoms with Gasteiger partial charge in [-0.2, -0.15) is 0 Å². The highest BCUT2D eigenvalue weighted by Crippen LogP contribution is 2.38. The second kappa shape index (κ2) is 10.9. The van der Waals surface area contributed by atoms with E-state index in [1.807, 2.05) is 0 Å². The Hall–Kier alpha value is -3.76. The van der Waals surface area contributed by atoms with E-state index in [1.54, 1.807) is 0 Å². The number of nitrogens with zero attached hydrogens (tertiary/aromatic N) is 2. The molecule has 1 amide bonds. The molecule has 194 valence electrons. The van der Waals surface area contributed by atoms with Crippen LogP contribution in [0.25, 0.3) is 32.3 Å². The van der Waals surface area contributed by atoms with Crippen molar-refractivity contribution >= 4 is 62.0 Å². The maximum absolute atomic E-state index is 13.0. The van der Waals surface area contributed by atoms with Crippen LogP contribution in [0.1, 0.15) is 35.7 Å². The Morgan fingerprint density at radius 2 is 1.37 bits per heavy atom. The summed E-state index contributed by atoms with van der Waals surface area (Å²) in [6.07, 6.45) is 2.97. The van der Waals surface area contributed by atoms with E-state index in [2.05, 4.69) is 102 Å². The first kappa shape index (κ1) is 25.9. The highest BCUT2D eigenvalue weighted by molar-refractivity contribution is 6.12. The number of aryl methyl sites for hydroxylation is 1. The van der Waals surface area contributed by atoms with Crippen LogP contribution in [0.5, 0.6) is 0 Å². The van der Waals surface area contributed by atoms with Crippen LogP contribution in [0, 0.1) is 0 Å². The molecule has 6 rings (SSSR count). The smallest absolute Gasteiger partial charge is 0.251 e. The molecule has 1 aliphatic heterocycles. The Bertz CT molecular complexity index is 1620. The topological polar surface area (TPSA) is 49.6 Å². The van der Waals surface area contributed by atoms with Crippen LogP contribution in [-0.2, 0) is 6.42 Å². The first-order valence-corrected chi connectivity index (χ1v) is 13.4. The van der Waals surface area contributed by atoms with Gasteiger partial charge in [-0.05, 0) is 58.1 Å². The fourth-order valence-corrected chi connectivity index (χ4v) is 5.95. The number of carbonyl (C=O) groups is 1. The third-order valence-electron chi connectivity index (χ3n) is 7.81. The number of piperazine rings is 1. The van der Waals surface area contributed by atoms with E-state index in [4.69, 9.17) is 5.73 Å².